The van der Waals surface area contributed by atoms with Gasteiger partial charge in [-0.3, -0.25) is 4.79 Å². The fraction of sp³-hybridized carbons (Fsp3) is 0.438. The minimum Gasteiger partial charge on any atom is -0.503 e. The fourth-order valence-electron chi connectivity index (χ4n) is 2.92. The topological polar surface area (TPSA) is 169 Å². The molecule has 0 radical (unpaired) electrons. The molecule has 28 heavy (non-hydrogen) atoms. The Kier molecular flexibility index (Phi) is 5.52. The Hall–Kier alpha value is -2.35. The van der Waals surface area contributed by atoms with Gasteiger partial charge < -0.3 is 45.4 Å². The van der Waals surface area contributed by atoms with Gasteiger partial charge in [-0.05, 0) is 12.1 Å². The van der Waals surface area contributed by atoms with Crippen LogP contribution in [-0.4, -0.2) is 80.1 Å². The molecule has 2 aliphatic heterocycles. The number of benzene rings is 1. The molecule has 1 saturated heterocycles. The Morgan fingerprint density at radius 1 is 1.18 bits per heavy atom. The van der Waals surface area contributed by atoms with E-state index >= 15 is 0 Å². The highest BCUT2D eigenvalue weighted by molar-refractivity contribution is 5.99. The van der Waals surface area contributed by atoms with Crippen molar-refractivity contribution in [3.8, 4) is 11.5 Å². The summed E-state index contributed by atoms with van der Waals surface area (Å²) in [6.45, 7) is -0.700. The summed E-state index contributed by atoms with van der Waals surface area (Å²) in [6.07, 6.45) is -7.58. The Bertz CT molecular complexity index is 818. The van der Waals surface area contributed by atoms with Crippen LogP contribution in [0.15, 0.2) is 11.6 Å². The average molecular weight is 405 g/mol. The van der Waals surface area contributed by atoms with Crippen LogP contribution in [0.1, 0.15) is 5.56 Å². The molecular weight excluding hydrogens is 388 g/mol. The number of halogens is 2. The van der Waals surface area contributed by atoms with Crippen LogP contribution in [-0.2, 0) is 9.53 Å². The summed E-state index contributed by atoms with van der Waals surface area (Å²) >= 11 is 0. The Morgan fingerprint density at radius 3 is 2.50 bits per heavy atom. The summed E-state index contributed by atoms with van der Waals surface area (Å²) in [7, 11) is 0. The summed E-state index contributed by atoms with van der Waals surface area (Å²) in [4.78, 5) is 12.4. The molecule has 154 valence electrons. The van der Waals surface area contributed by atoms with Crippen molar-refractivity contribution < 1.29 is 53.7 Å². The highest BCUT2D eigenvalue weighted by Gasteiger charge is 2.45. The van der Waals surface area contributed by atoms with E-state index in [4.69, 9.17) is 14.6 Å². The van der Waals surface area contributed by atoms with E-state index in [0.717, 1.165) is 6.08 Å². The number of carbonyl (C=O) groups excluding carboxylic acids is 1. The van der Waals surface area contributed by atoms with Crippen molar-refractivity contribution in [3.63, 3.8) is 0 Å². The molecule has 0 spiro atoms. The Morgan fingerprint density at radius 2 is 1.86 bits per heavy atom. The molecule has 2 heterocycles. The first kappa shape index (κ1) is 20.4. The monoisotopic (exact) mass is 405 g/mol. The van der Waals surface area contributed by atoms with Gasteiger partial charge in [0.15, 0.2) is 23.6 Å². The van der Waals surface area contributed by atoms with Crippen LogP contribution >= 0.6 is 0 Å². The molecule has 1 amide bonds. The van der Waals surface area contributed by atoms with Crippen molar-refractivity contribution in [2.24, 2.45) is 0 Å². The minimum atomic E-state index is -2.01. The number of aliphatic hydroxyl groups excluding tert-OH is 5. The SMILES string of the molecule is O=C(NC1C(O)OC(CO)[C@H](O)C1O)C1=Cc2cc(F)c(O)c(F)c2OC1O. The first-order chi connectivity index (χ1) is 13.1. The number of phenolic OH excluding ortho intramolecular Hbond substituents is 1. The molecule has 5 unspecified atom stereocenters. The molecule has 0 bridgehead atoms. The van der Waals surface area contributed by atoms with Crippen molar-refractivity contribution in [2.45, 2.75) is 36.9 Å². The predicted molar refractivity (Wildman–Crippen MR) is 84.5 cm³/mol. The fourth-order valence-corrected chi connectivity index (χ4v) is 2.92. The third-order valence-corrected chi connectivity index (χ3v) is 4.44. The number of ether oxygens (including phenoxy) is 2. The van der Waals surface area contributed by atoms with Crippen LogP contribution in [0.3, 0.4) is 0 Å². The van der Waals surface area contributed by atoms with Gasteiger partial charge in [0, 0.05) is 5.56 Å². The van der Waals surface area contributed by atoms with E-state index in [9.17, 15) is 39.1 Å². The number of nitrogens with one attached hydrogen (secondary N) is 1. The maximum absolute atomic E-state index is 13.8. The van der Waals surface area contributed by atoms with Crippen molar-refractivity contribution in [1.29, 1.82) is 0 Å². The van der Waals surface area contributed by atoms with Gasteiger partial charge in [-0.1, -0.05) is 0 Å². The lowest BCUT2D eigenvalue weighted by Gasteiger charge is -2.40. The molecule has 7 N–H and O–H groups in total. The van der Waals surface area contributed by atoms with Crippen LogP contribution in [0.4, 0.5) is 8.78 Å². The van der Waals surface area contributed by atoms with Crippen LogP contribution in [0, 0.1) is 11.6 Å². The zero-order chi connectivity index (χ0) is 20.7. The summed E-state index contributed by atoms with van der Waals surface area (Å²) in [5, 5.41) is 60.0. The summed E-state index contributed by atoms with van der Waals surface area (Å²) in [5.74, 6) is -5.88. The van der Waals surface area contributed by atoms with Gasteiger partial charge in [-0.2, -0.15) is 4.39 Å². The quantitative estimate of drug-likeness (QED) is 0.292. The number of rotatable bonds is 3. The number of phenols is 1. The second-order valence-corrected chi connectivity index (χ2v) is 6.24. The lowest BCUT2D eigenvalue weighted by Crippen LogP contribution is -2.64. The molecule has 2 aliphatic rings. The van der Waals surface area contributed by atoms with E-state index < -0.39 is 78.2 Å². The molecule has 10 nitrogen and oxygen atoms in total. The highest BCUT2D eigenvalue weighted by Crippen LogP contribution is 2.37. The molecule has 1 aromatic rings. The van der Waals surface area contributed by atoms with Crippen molar-refractivity contribution in [2.75, 3.05) is 6.61 Å². The number of fused-ring (bicyclic) bond motifs is 1. The van der Waals surface area contributed by atoms with Gasteiger partial charge in [-0.25, -0.2) is 4.39 Å². The average Bonchev–Trinajstić information content (AvgIpc) is 2.66. The molecule has 0 aliphatic carbocycles. The van der Waals surface area contributed by atoms with E-state index in [1.54, 1.807) is 0 Å². The second kappa shape index (κ2) is 7.58. The zero-order valence-electron chi connectivity index (χ0n) is 14.0. The lowest BCUT2D eigenvalue weighted by molar-refractivity contribution is -0.253. The van der Waals surface area contributed by atoms with E-state index in [-0.39, 0.29) is 5.56 Å². The second-order valence-electron chi connectivity index (χ2n) is 6.24. The van der Waals surface area contributed by atoms with Gasteiger partial charge >= 0.3 is 0 Å². The van der Waals surface area contributed by atoms with Crippen LogP contribution < -0.4 is 10.1 Å². The first-order valence-electron chi connectivity index (χ1n) is 8.04. The number of hydrogen-bond donors (Lipinski definition) is 7. The maximum atomic E-state index is 13.8. The van der Waals surface area contributed by atoms with Crippen molar-refractivity contribution in [1.82, 2.24) is 5.32 Å². The predicted octanol–water partition coefficient (Wildman–Crippen LogP) is -2.32. The molecular formula is C16H17F2NO9. The van der Waals surface area contributed by atoms with Gasteiger partial charge in [0.25, 0.3) is 5.91 Å². The molecule has 12 heteroatoms. The minimum absolute atomic E-state index is 0.287. The lowest BCUT2D eigenvalue weighted by atomic mass is 9.96. The third kappa shape index (κ3) is 3.41. The van der Waals surface area contributed by atoms with Crippen molar-refractivity contribution >= 4 is 12.0 Å². The number of hydrogen-bond acceptors (Lipinski definition) is 9. The van der Waals surface area contributed by atoms with Gasteiger partial charge in [0.1, 0.15) is 24.4 Å². The largest absolute Gasteiger partial charge is 0.503 e. The van der Waals surface area contributed by atoms with Crippen LogP contribution in [0.25, 0.3) is 6.08 Å². The number of aromatic hydroxyl groups is 1. The number of aliphatic hydroxyl groups is 5. The summed E-state index contributed by atoms with van der Waals surface area (Å²) < 4.78 is 37.1. The van der Waals surface area contributed by atoms with Gasteiger partial charge in [0.05, 0.1) is 12.2 Å². The van der Waals surface area contributed by atoms with E-state index in [0.29, 0.717) is 6.07 Å². The number of carbonyl (C=O) groups is 1. The molecule has 1 fully saturated rings. The molecule has 1 aromatic carbocycles. The normalized spacial score (nSPS) is 32.2. The van der Waals surface area contributed by atoms with E-state index in [1.165, 1.54) is 0 Å². The molecule has 0 aromatic heterocycles. The molecule has 6 atom stereocenters. The maximum Gasteiger partial charge on any atom is 0.254 e. The van der Waals surface area contributed by atoms with Crippen LogP contribution in [0.5, 0.6) is 11.5 Å². The van der Waals surface area contributed by atoms with Gasteiger partial charge in [0.2, 0.25) is 12.1 Å². The van der Waals surface area contributed by atoms with Crippen molar-refractivity contribution in [3.05, 3.63) is 28.8 Å². The third-order valence-electron chi connectivity index (χ3n) is 4.44. The highest BCUT2D eigenvalue weighted by atomic mass is 19.1. The first-order valence-corrected chi connectivity index (χ1v) is 8.04. The number of amides is 1. The van der Waals surface area contributed by atoms with Gasteiger partial charge in [-0.15, -0.1) is 0 Å². The Labute approximate surface area is 155 Å². The molecule has 3 rings (SSSR count). The van der Waals surface area contributed by atoms with E-state index in [2.05, 4.69) is 5.32 Å². The summed E-state index contributed by atoms with van der Waals surface area (Å²) in [6, 6.07) is -0.872. The summed E-state index contributed by atoms with van der Waals surface area (Å²) in [5.41, 5.74) is -0.820. The van der Waals surface area contributed by atoms with Crippen LogP contribution in [0.2, 0.25) is 0 Å². The molecule has 0 saturated carbocycles. The standard InChI is InChI=1S/C16H17F2NO9/c17-6-2-4-1-5(15(25)28-13(4)8(18)10(6)21)14(24)19-9-12(23)11(22)7(3-20)27-16(9)26/h1-2,7,9,11-12,15-16,20-23,25-26H,3H2,(H,19,24)/t7?,9?,11-,12?,15?,16?/m0/s1. The Balaban J connectivity index is 1.85. The zero-order valence-corrected chi connectivity index (χ0v) is 14.0. The smallest absolute Gasteiger partial charge is 0.254 e. The van der Waals surface area contributed by atoms with E-state index in [1.807, 2.05) is 0 Å².